The molecule has 2 atom stereocenters. The standard InChI is InChI=1S/C30H32F4N4O3/c1-17(2)25(36-26(39)21-15-20(30(32,33)34)5-6-22(21)31)28(41)38-12-9-29(10-13-38)16-37(3)27(40)24(29)19-4-7-23-18(14-19)8-11-35-23/h4-8,11,14-15,17,24-25,35H,9-10,12-13,16H2,1-3H3,(H,36,39)/t24?,25-/m1/s1. The molecule has 3 amide bonds. The Hall–Kier alpha value is -3.89. The van der Waals surface area contributed by atoms with Crippen molar-refractivity contribution in [3.8, 4) is 0 Å². The minimum atomic E-state index is -4.75. The number of carbonyl (C=O) groups excluding carboxylic acids is 3. The average Bonchev–Trinajstić information content (AvgIpc) is 3.48. The number of amides is 3. The van der Waals surface area contributed by atoms with E-state index in [4.69, 9.17) is 0 Å². The number of hydrogen-bond acceptors (Lipinski definition) is 3. The number of aromatic nitrogens is 1. The average molecular weight is 573 g/mol. The zero-order valence-electron chi connectivity index (χ0n) is 23.0. The number of likely N-dealkylation sites (tertiary alicyclic amines) is 2. The van der Waals surface area contributed by atoms with E-state index < -0.39 is 46.9 Å². The molecule has 11 heteroatoms. The maximum Gasteiger partial charge on any atom is 0.416 e. The van der Waals surface area contributed by atoms with Gasteiger partial charge in [0, 0.05) is 43.8 Å². The molecule has 0 saturated carbocycles. The van der Waals surface area contributed by atoms with Gasteiger partial charge in [-0.15, -0.1) is 0 Å². The van der Waals surface area contributed by atoms with Crippen molar-refractivity contribution in [3.63, 3.8) is 0 Å². The minimum absolute atomic E-state index is 0.0371. The Labute approximate surface area is 234 Å². The molecule has 2 saturated heterocycles. The zero-order chi connectivity index (χ0) is 29.7. The lowest BCUT2D eigenvalue weighted by Gasteiger charge is -2.43. The van der Waals surface area contributed by atoms with Crippen LogP contribution in [-0.4, -0.2) is 65.2 Å². The fourth-order valence-corrected chi connectivity index (χ4v) is 6.30. The lowest BCUT2D eigenvalue weighted by Crippen LogP contribution is -2.54. The number of alkyl halides is 3. The Morgan fingerprint density at radius 1 is 1.07 bits per heavy atom. The highest BCUT2D eigenvalue weighted by molar-refractivity contribution is 5.98. The molecule has 2 N–H and O–H groups in total. The highest BCUT2D eigenvalue weighted by Crippen LogP contribution is 2.50. The van der Waals surface area contributed by atoms with Gasteiger partial charge in [0.25, 0.3) is 5.91 Å². The van der Waals surface area contributed by atoms with Gasteiger partial charge < -0.3 is 20.1 Å². The van der Waals surface area contributed by atoms with E-state index >= 15 is 0 Å². The van der Waals surface area contributed by atoms with Crippen LogP contribution < -0.4 is 5.32 Å². The largest absolute Gasteiger partial charge is 0.416 e. The van der Waals surface area contributed by atoms with Crippen LogP contribution in [0.2, 0.25) is 0 Å². The summed E-state index contributed by atoms with van der Waals surface area (Å²) < 4.78 is 53.8. The summed E-state index contributed by atoms with van der Waals surface area (Å²) in [6.45, 7) is 4.66. The molecule has 2 aliphatic heterocycles. The summed E-state index contributed by atoms with van der Waals surface area (Å²) in [5, 5.41) is 3.48. The van der Waals surface area contributed by atoms with E-state index in [0.29, 0.717) is 50.7 Å². The first-order valence-electron chi connectivity index (χ1n) is 13.6. The first kappa shape index (κ1) is 28.6. The number of aromatic amines is 1. The van der Waals surface area contributed by atoms with E-state index in [1.54, 1.807) is 30.7 Å². The molecule has 7 nitrogen and oxygen atoms in total. The number of halogens is 4. The summed E-state index contributed by atoms with van der Waals surface area (Å²) in [7, 11) is 1.79. The molecule has 0 aliphatic carbocycles. The van der Waals surface area contributed by atoms with Gasteiger partial charge in [0.15, 0.2) is 0 Å². The molecule has 1 unspecified atom stereocenters. The maximum atomic E-state index is 14.3. The Bertz CT molecular complexity index is 1490. The summed E-state index contributed by atoms with van der Waals surface area (Å²) in [6.07, 6.45) is -1.78. The van der Waals surface area contributed by atoms with Crippen molar-refractivity contribution in [2.75, 3.05) is 26.7 Å². The van der Waals surface area contributed by atoms with Crippen LogP contribution in [0.4, 0.5) is 17.6 Å². The second-order valence-corrected chi connectivity index (χ2v) is 11.5. The summed E-state index contributed by atoms with van der Waals surface area (Å²) in [6, 6.07) is 8.47. The second kappa shape index (κ2) is 10.5. The van der Waals surface area contributed by atoms with Crippen molar-refractivity contribution >= 4 is 28.6 Å². The third-order valence-electron chi connectivity index (χ3n) is 8.53. The Morgan fingerprint density at radius 3 is 2.44 bits per heavy atom. The van der Waals surface area contributed by atoms with Gasteiger partial charge in [0.2, 0.25) is 11.8 Å². The molecule has 218 valence electrons. The predicted octanol–water partition coefficient (Wildman–Crippen LogP) is 4.94. The third kappa shape index (κ3) is 5.29. The number of hydrogen-bond donors (Lipinski definition) is 2. The van der Waals surface area contributed by atoms with E-state index in [1.165, 1.54) is 0 Å². The van der Waals surface area contributed by atoms with Crippen molar-refractivity contribution < 1.29 is 31.9 Å². The van der Waals surface area contributed by atoms with Crippen LogP contribution in [0.25, 0.3) is 10.9 Å². The van der Waals surface area contributed by atoms with Crippen LogP contribution in [0, 0.1) is 17.2 Å². The van der Waals surface area contributed by atoms with Crippen LogP contribution in [0.3, 0.4) is 0 Å². The Balaban J connectivity index is 1.32. The topological polar surface area (TPSA) is 85.5 Å². The molecule has 0 bridgehead atoms. The molecule has 41 heavy (non-hydrogen) atoms. The number of likely N-dealkylation sites (N-methyl/N-ethyl adjacent to an activating group) is 1. The van der Waals surface area contributed by atoms with Crippen LogP contribution in [0.5, 0.6) is 0 Å². The number of fused-ring (bicyclic) bond motifs is 1. The van der Waals surface area contributed by atoms with Crippen LogP contribution in [-0.2, 0) is 15.8 Å². The zero-order valence-corrected chi connectivity index (χ0v) is 23.0. The molecular weight excluding hydrogens is 540 g/mol. The first-order chi connectivity index (χ1) is 19.3. The van der Waals surface area contributed by atoms with E-state index in [0.717, 1.165) is 16.5 Å². The SMILES string of the molecule is CC(C)[C@@H](NC(=O)c1cc(C(F)(F)F)ccc1F)C(=O)N1CCC2(CC1)CN(C)C(=O)C2c1ccc2[nH]ccc2c1. The molecule has 0 radical (unpaired) electrons. The lowest BCUT2D eigenvalue weighted by molar-refractivity contribution is -0.138. The third-order valence-corrected chi connectivity index (χ3v) is 8.53. The molecule has 2 aromatic carbocycles. The van der Waals surface area contributed by atoms with Gasteiger partial charge >= 0.3 is 6.18 Å². The van der Waals surface area contributed by atoms with Crippen molar-refractivity contribution in [1.29, 1.82) is 0 Å². The van der Waals surface area contributed by atoms with Crippen molar-refractivity contribution in [3.05, 3.63) is 71.2 Å². The number of H-pyrrole nitrogens is 1. The number of carbonyl (C=O) groups is 3. The molecule has 2 fully saturated rings. The van der Waals surface area contributed by atoms with E-state index in [9.17, 15) is 31.9 Å². The van der Waals surface area contributed by atoms with Gasteiger partial charge in [-0.1, -0.05) is 19.9 Å². The molecular formula is C30H32F4N4O3. The number of nitrogens with zero attached hydrogens (tertiary/aromatic N) is 2. The summed E-state index contributed by atoms with van der Waals surface area (Å²) >= 11 is 0. The highest BCUT2D eigenvalue weighted by atomic mass is 19.4. The normalized spacial score (nSPS) is 19.8. The maximum absolute atomic E-state index is 14.3. The molecule has 2 aliphatic rings. The van der Waals surface area contributed by atoms with Gasteiger partial charge in [0.05, 0.1) is 17.0 Å². The van der Waals surface area contributed by atoms with E-state index in [2.05, 4.69) is 10.3 Å². The van der Waals surface area contributed by atoms with Gasteiger partial charge in [-0.25, -0.2) is 4.39 Å². The summed E-state index contributed by atoms with van der Waals surface area (Å²) in [5.41, 5.74) is -0.384. The van der Waals surface area contributed by atoms with Gasteiger partial charge in [0.1, 0.15) is 11.9 Å². The molecule has 5 rings (SSSR count). The number of benzene rings is 2. The van der Waals surface area contributed by atoms with Crippen LogP contribution in [0.15, 0.2) is 48.7 Å². The fraction of sp³-hybridized carbons (Fsp3) is 0.433. The van der Waals surface area contributed by atoms with Crippen molar-refractivity contribution in [2.24, 2.45) is 11.3 Å². The van der Waals surface area contributed by atoms with E-state index in [1.807, 2.05) is 30.5 Å². The first-order valence-corrected chi connectivity index (χ1v) is 13.6. The van der Waals surface area contributed by atoms with Gasteiger partial charge in [-0.2, -0.15) is 13.2 Å². The summed E-state index contributed by atoms with van der Waals surface area (Å²) in [4.78, 5) is 46.3. The monoisotopic (exact) mass is 572 g/mol. The molecule has 3 aromatic rings. The number of nitrogens with one attached hydrogen (secondary N) is 2. The van der Waals surface area contributed by atoms with Gasteiger partial charge in [-0.05, 0) is 66.1 Å². The Kier molecular flexibility index (Phi) is 7.33. The highest BCUT2D eigenvalue weighted by Gasteiger charge is 2.53. The minimum Gasteiger partial charge on any atom is -0.361 e. The molecule has 3 heterocycles. The van der Waals surface area contributed by atoms with Crippen LogP contribution in [0.1, 0.15) is 54.1 Å². The summed E-state index contributed by atoms with van der Waals surface area (Å²) in [5.74, 6) is -3.31. The predicted molar refractivity (Wildman–Crippen MR) is 144 cm³/mol. The van der Waals surface area contributed by atoms with Gasteiger partial charge in [-0.3, -0.25) is 14.4 Å². The van der Waals surface area contributed by atoms with Crippen molar-refractivity contribution in [1.82, 2.24) is 20.1 Å². The van der Waals surface area contributed by atoms with Crippen LogP contribution >= 0.6 is 0 Å². The second-order valence-electron chi connectivity index (χ2n) is 11.5. The Morgan fingerprint density at radius 2 is 1.78 bits per heavy atom. The molecule has 1 aromatic heterocycles. The smallest absolute Gasteiger partial charge is 0.361 e. The lowest BCUT2D eigenvalue weighted by atomic mass is 9.68. The van der Waals surface area contributed by atoms with E-state index in [-0.39, 0.29) is 17.2 Å². The quantitative estimate of drug-likeness (QED) is 0.425. The molecule has 1 spiro atoms. The number of piperidine rings is 1. The van der Waals surface area contributed by atoms with Crippen molar-refractivity contribution in [2.45, 2.75) is 44.8 Å². The fourth-order valence-electron chi connectivity index (χ4n) is 6.30. The number of rotatable bonds is 5.